The Hall–Kier alpha value is -2.34. The Morgan fingerprint density at radius 3 is 2.48 bits per heavy atom. The van der Waals surface area contributed by atoms with E-state index in [2.05, 4.69) is 10.6 Å². The molecule has 2 amide bonds. The number of carbonyl (C=O) groups is 3. The number of allylic oxidation sites excluding steroid dienone is 2. The van der Waals surface area contributed by atoms with Gasteiger partial charge in [-0.2, -0.15) is 0 Å². The van der Waals surface area contributed by atoms with Crippen molar-refractivity contribution < 1.29 is 19.5 Å². The highest BCUT2D eigenvalue weighted by atomic mass is 35.5. The van der Waals surface area contributed by atoms with E-state index in [1.165, 1.54) is 0 Å². The molecular formula is C18H21ClN2O4. The molecule has 0 spiro atoms. The predicted molar refractivity (Wildman–Crippen MR) is 96.6 cm³/mol. The first-order chi connectivity index (χ1) is 11.9. The molecule has 25 heavy (non-hydrogen) atoms. The molecule has 6 nitrogen and oxygen atoms in total. The highest BCUT2D eigenvalue weighted by Crippen LogP contribution is 2.30. The second kappa shape index (κ2) is 8.67. The minimum atomic E-state index is -0.990. The summed E-state index contributed by atoms with van der Waals surface area (Å²) in [5.74, 6) is -2.91. The highest BCUT2D eigenvalue weighted by Gasteiger charge is 2.34. The van der Waals surface area contributed by atoms with Gasteiger partial charge in [0.15, 0.2) is 0 Å². The van der Waals surface area contributed by atoms with Gasteiger partial charge in [-0.05, 0) is 37.5 Å². The van der Waals surface area contributed by atoms with Crippen molar-refractivity contribution in [3.63, 3.8) is 0 Å². The molecule has 3 N–H and O–H groups in total. The fraction of sp³-hybridized carbons (Fsp3) is 0.389. The van der Waals surface area contributed by atoms with E-state index in [0.29, 0.717) is 35.7 Å². The molecule has 134 valence electrons. The third kappa shape index (κ3) is 5.06. The number of hydrogen-bond donors (Lipinski definition) is 3. The van der Waals surface area contributed by atoms with Crippen LogP contribution >= 0.6 is 11.6 Å². The monoisotopic (exact) mass is 364 g/mol. The molecule has 0 heterocycles. The number of halogens is 1. The van der Waals surface area contributed by atoms with Crippen molar-refractivity contribution in [3.05, 3.63) is 35.4 Å². The van der Waals surface area contributed by atoms with Gasteiger partial charge < -0.3 is 15.7 Å². The number of carboxylic acid groups (broad SMARTS) is 1. The zero-order valence-electron chi connectivity index (χ0n) is 13.9. The molecule has 1 aliphatic carbocycles. The maximum absolute atomic E-state index is 12.5. The van der Waals surface area contributed by atoms with Gasteiger partial charge in [-0.25, -0.2) is 0 Å². The average molecular weight is 365 g/mol. The summed E-state index contributed by atoms with van der Waals surface area (Å²) in [5.41, 5.74) is 0.871. The van der Waals surface area contributed by atoms with Crippen LogP contribution in [0.25, 0.3) is 0 Å². The number of carbonyl (C=O) groups excluding carboxylic acids is 2. The average Bonchev–Trinajstić information content (AvgIpc) is 2.58. The van der Waals surface area contributed by atoms with E-state index in [0.717, 1.165) is 6.42 Å². The summed E-state index contributed by atoms with van der Waals surface area (Å²) in [5, 5.41) is 15.0. The van der Waals surface area contributed by atoms with Crippen LogP contribution < -0.4 is 10.6 Å². The maximum Gasteiger partial charge on any atom is 0.307 e. The highest BCUT2D eigenvalue weighted by molar-refractivity contribution is 6.34. The van der Waals surface area contributed by atoms with Gasteiger partial charge in [-0.1, -0.05) is 30.7 Å². The smallest absolute Gasteiger partial charge is 0.307 e. The largest absolute Gasteiger partial charge is 0.481 e. The lowest BCUT2D eigenvalue weighted by Crippen LogP contribution is -2.34. The van der Waals surface area contributed by atoms with E-state index in [9.17, 15) is 19.5 Å². The minimum Gasteiger partial charge on any atom is -0.481 e. The van der Waals surface area contributed by atoms with E-state index < -0.39 is 23.7 Å². The summed E-state index contributed by atoms with van der Waals surface area (Å²) in [6.45, 7) is 1.91. The quantitative estimate of drug-likeness (QED) is 0.671. The van der Waals surface area contributed by atoms with Gasteiger partial charge in [-0.15, -0.1) is 0 Å². The predicted octanol–water partition coefficient (Wildman–Crippen LogP) is 3.68. The summed E-state index contributed by atoms with van der Waals surface area (Å²) < 4.78 is 0. The standard InChI is InChI=1S/C18H21ClN2O4/c1-2-5-16(22)20-11-8-9-14(19)15(10-11)21-17(23)12-6-3-4-7-13(12)18(24)25/h3-4,8-10,12-13H,2,5-7H2,1H3,(H,20,22)(H,21,23)(H,24,25)/t12-,13+/m0/s1. The molecule has 0 bridgehead atoms. The maximum atomic E-state index is 12.5. The fourth-order valence-corrected chi connectivity index (χ4v) is 2.92. The summed E-state index contributed by atoms with van der Waals surface area (Å²) >= 11 is 6.12. The van der Waals surface area contributed by atoms with Gasteiger partial charge in [0, 0.05) is 12.1 Å². The molecule has 2 atom stereocenters. The van der Waals surface area contributed by atoms with Crippen LogP contribution in [0.3, 0.4) is 0 Å². The van der Waals surface area contributed by atoms with E-state index in [4.69, 9.17) is 11.6 Å². The third-order valence-electron chi connectivity index (χ3n) is 4.07. The van der Waals surface area contributed by atoms with Crippen molar-refractivity contribution in [2.45, 2.75) is 32.6 Å². The molecule has 0 radical (unpaired) electrons. The van der Waals surface area contributed by atoms with Crippen LogP contribution in [0.2, 0.25) is 5.02 Å². The first-order valence-electron chi connectivity index (χ1n) is 8.20. The molecule has 1 aromatic carbocycles. The molecule has 1 aliphatic rings. The van der Waals surface area contributed by atoms with Crippen LogP contribution in [0.1, 0.15) is 32.6 Å². The van der Waals surface area contributed by atoms with Gasteiger partial charge in [0.05, 0.1) is 22.5 Å². The van der Waals surface area contributed by atoms with E-state index in [1.54, 1.807) is 24.3 Å². The molecule has 2 rings (SSSR count). The Morgan fingerprint density at radius 2 is 1.84 bits per heavy atom. The zero-order valence-corrected chi connectivity index (χ0v) is 14.7. The van der Waals surface area contributed by atoms with Crippen LogP contribution in [-0.4, -0.2) is 22.9 Å². The molecule has 0 unspecified atom stereocenters. The third-order valence-corrected chi connectivity index (χ3v) is 4.40. The van der Waals surface area contributed by atoms with Crippen molar-refractivity contribution in [1.29, 1.82) is 0 Å². The summed E-state index contributed by atoms with van der Waals surface area (Å²) in [6.07, 6.45) is 5.42. The zero-order chi connectivity index (χ0) is 18.4. The molecule has 0 saturated carbocycles. The molecule has 0 saturated heterocycles. The molecule has 7 heteroatoms. The minimum absolute atomic E-state index is 0.120. The van der Waals surface area contributed by atoms with Gasteiger partial charge in [0.1, 0.15) is 0 Å². The van der Waals surface area contributed by atoms with Crippen molar-refractivity contribution in [3.8, 4) is 0 Å². The number of amides is 2. The Balaban J connectivity index is 2.13. The summed E-state index contributed by atoms with van der Waals surface area (Å²) in [4.78, 5) is 35.5. The number of anilines is 2. The molecular weight excluding hydrogens is 344 g/mol. The van der Waals surface area contributed by atoms with Crippen molar-refractivity contribution in [1.82, 2.24) is 0 Å². The van der Waals surface area contributed by atoms with E-state index in [1.807, 2.05) is 13.0 Å². The molecule has 1 aromatic rings. The van der Waals surface area contributed by atoms with E-state index >= 15 is 0 Å². The molecule has 0 aliphatic heterocycles. The second-order valence-electron chi connectivity index (χ2n) is 5.98. The number of rotatable bonds is 6. The van der Waals surface area contributed by atoms with Crippen molar-refractivity contribution in [2.75, 3.05) is 10.6 Å². The molecule has 0 aromatic heterocycles. The van der Waals surface area contributed by atoms with Crippen LogP contribution in [-0.2, 0) is 14.4 Å². The Labute approximate surface area is 151 Å². The lowest BCUT2D eigenvalue weighted by Gasteiger charge is -2.24. The van der Waals surface area contributed by atoms with Crippen molar-refractivity contribution in [2.24, 2.45) is 11.8 Å². The number of hydrogen-bond acceptors (Lipinski definition) is 3. The fourth-order valence-electron chi connectivity index (χ4n) is 2.75. The first kappa shape index (κ1) is 19.0. The topological polar surface area (TPSA) is 95.5 Å². The van der Waals surface area contributed by atoms with Crippen LogP contribution in [0.5, 0.6) is 0 Å². The first-order valence-corrected chi connectivity index (χ1v) is 8.58. The summed E-state index contributed by atoms with van der Waals surface area (Å²) in [7, 11) is 0. The number of benzene rings is 1. The molecule has 0 fully saturated rings. The van der Waals surface area contributed by atoms with Crippen molar-refractivity contribution >= 4 is 40.8 Å². The number of aliphatic carboxylic acids is 1. The number of nitrogens with one attached hydrogen (secondary N) is 2. The lowest BCUT2D eigenvalue weighted by molar-refractivity contribution is -0.146. The van der Waals surface area contributed by atoms with Gasteiger partial charge in [0.25, 0.3) is 0 Å². The number of carboxylic acids is 1. The Kier molecular flexibility index (Phi) is 6.58. The normalized spacial score (nSPS) is 19.3. The van der Waals surface area contributed by atoms with Crippen LogP contribution in [0, 0.1) is 11.8 Å². The lowest BCUT2D eigenvalue weighted by atomic mass is 9.82. The summed E-state index contributed by atoms with van der Waals surface area (Å²) in [6, 6.07) is 4.80. The Bertz CT molecular complexity index is 702. The Morgan fingerprint density at radius 1 is 1.16 bits per heavy atom. The second-order valence-corrected chi connectivity index (χ2v) is 6.38. The van der Waals surface area contributed by atoms with Gasteiger partial charge in [-0.3, -0.25) is 14.4 Å². The van der Waals surface area contributed by atoms with E-state index in [-0.39, 0.29) is 5.91 Å². The van der Waals surface area contributed by atoms with Crippen LogP contribution in [0.15, 0.2) is 30.4 Å². The van der Waals surface area contributed by atoms with Gasteiger partial charge in [0.2, 0.25) is 11.8 Å². The van der Waals surface area contributed by atoms with Crippen LogP contribution in [0.4, 0.5) is 11.4 Å². The van der Waals surface area contributed by atoms with Gasteiger partial charge >= 0.3 is 5.97 Å². The SMILES string of the molecule is CCCC(=O)Nc1ccc(Cl)c(NC(=O)[C@H]2CC=CC[C@H]2C(=O)O)c1.